The Bertz CT molecular complexity index is 316. The second kappa shape index (κ2) is 11.8. The molecule has 0 radical (unpaired) electrons. The molecule has 0 amide bonds. The van der Waals surface area contributed by atoms with Crippen LogP contribution in [0.1, 0.15) is 19.3 Å². The number of ether oxygens (including phenoxy) is 2. The number of carbonyl (C=O) groups is 2. The van der Waals surface area contributed by atoms with Crippen LogP contribution in [0.3, 0.4) is 0 Å². The lowest BCUT2D eigenvalue weighted by molar-refractivity contribution is -0.140. The molecule has 0 aromatic heterocycles. The summed E-state index contributed by atoms with van der Waals surface area (Å²) in [6.45, 7) is 0. The Morgan fingerprint density at radius 3 is 2.39 bits per heavy atom. The number of methoxy groups -OCH3 is 2. The summed E-state index contributed by atoms with van der Waals surface area (Å²) in [4.78, 5) is 20.9. The lowest BCUT2D eigenvalue weighted by Crippen LogP contribution is -2.08. The van der Waals surface area contributed by atoms with Gasteiger partial charge in [-0.3, -0.25) is 9.59 Å². The Labute approximate surface area is 108 Å². The van der Waals surface area contributed by atoms with E-state index in [-0.39, 0.29) is 12.1 Å². The van der Waals surface area contributed by atoms with E-state index in [1.165, 1.54) is 13.2 Å². The molecule has 1 unspecified atom stereocenters. The molecule has 0 saturated heterocycles. The first kappa shape index (κ1) is 16.3. The van der Waals surface area contributed by atoms with Crippen LogP contribution in [-0.4, -0.2) is 32.6 Å². The maximum absolute atomic E-state index is 10.9. The first-order chi connectivity index (χ1) is 8.74. The van der Waals surface area contributed by atoms with Gasteiger partial charge in [0.05, 0.1) is 13.2 Å². The minimum absolute atomic E-state index is 0.0191. The van der Waals surface area contributed by atoms with E-state index in [4.69, 9.17) is 4.74 Å². The topological polar surface area (TPSA) is 52.6 Å². The van der Waals surface area contributed by atoms with Crippen molar-refractivity contribution in [3.63, 3.8) is 0 Å². The third-order valence-electron chi connectivity index (χ3n) is 2.25. The predicted molar refractivity (Wildman–Crippen MR) is 70.1 cm³/mol. The van der Waals surface area contributed by atoms with Gasteiger partial charge < -0.3 is 9.47 Å². The molecule has 4 heteroatoms. The van der Waals surface area contributed by atoms with Crippen LogP contribution in [0.4, 0.5) is 0 Å². The number of hydrogen-bond acceptors (Lipinski definition) is 4. The highest BCUT2D eigenvalue weighted by Gasteiger charge is 2.05. The highest BCUT2D eigenvalue weighted by atomic mass is 16.5. The summed E-state index contributed by atoms with van der Waals surface area (Å²) in [6, 6.07) is 0. The average molecular weight is 252 g/mol. The van der Waals surface area contributed by atoms with Crippen molar-refractivity contribution in [2.75, 3.05) is 14.2 Å². The van der Waals surface area contributed by atoms with Crippen LogP contribution in [0.2, 0.25) is 0 Å². The standard InChI is InChI=1S/C14H20O4/c1-17-13(10-8-11-14(16)18-2)9-6-4-3-5-7-12-15/h3-7,9,12-13H,8,10-11H2,1-2H3. The number of carbonyl (C=O) groups excluding carboxylic acids is 2. The van der Waals surface area contributed by atoms with Crippen LogP contribution in [0.25, 0.3) is 0 Å². The van der Waals surface area contributed by atoms with Crippen molar-refractivity contribution in [2.24, 2.45) is 0 Å². The van der Waals surface area contributed by atoms with Gasteiger partial charge in [-0.15, -0.1) is 0 Å². The third-order valence-corrected chi connectivity index (χ3v) is 2.25. The van der Waals surface area contributed by atoms with Gasteiger partial charge in [0.15, 0.2) is 0 Å². The van der Waals surface area contributed by atoms with Gasteiger partial charge in [0.1, 0.15) is 6.29 Å². The smallest absolute Gasteiger partial charge is 0.305 e. The highest BCUT2D eigenvalue weighted by Crippen LogP contribution is 2.06. The van der Waals surface area contributed by atoms with Crippen LogP contribution < -0.4 is 0 Å². The van der Waals surface area contributed by atoms with E-state index in [0.717, 1.165) is 19.1 Å². The molecule has 0 fully saturated rings. The van der Waals surface area contributed by atoms with E-state index < -0.39 is 0 Å². The lowest BCUT2D eigenvalue weighted by Gasteiger charge is -2.09. The second-order valence-electron chi connectivity index (χ2n) is 3.53. The monoisotopic (exact) mass is 252 g/mol. The SMILES string of the molecule is COC(=O)CCCC(C=CC=CC=CC=O)OC. The fourth-order valence-corrected chi connectivity index (χ4v) is 1.27. The summed E-state index contributed by atoms with van der Waals surface area (Å²) < 4.78 is 9.80. The molecule has 0 aromatic carbocycles. The summed E-state index contributed by atoms with van der Waals surface area (Å²) in [7, 11) is 3.01. The van der Waals surface area contributed by atoms with E-state index in [1.54, 1.807) is 19.3 Å². The fraction of sp³-hybridized carbons (Fsp3) is 0.429. The summed E-state index contributed by atoms with van der Waals surface area (Å²) >= 11 is 0. The molecule has 0 N–H and O–H groups in total. The fourth-order valence-electron chi connectivity index (χ4n) is 1.27. The molecule has 0 aliphatic carbocycles. The van der Waals surface area contributed by atoms with Crippen molar-refractivity contribution < 1.29 is 19.1 Å². The molecule has 0 aliphatic rings. The quantitative estimate of drug-likeness (QED) is 0.273. The maximum Gasteiger partial charge on any atom is 0.305 e. The van der Waals surface area contributed by atoms with E-state index >= 15 is 0 Å². The Morgan fingerprint density at radius 2 is 1.78 bits per heavy atom. The molecular formula is C14H20O4. The summed E-state index contributed by atoms with van der Waals surface area (Å²) in [5.74, 6) is -0.201. The molecule has 100 valence electrons. The highest BCUT2D eigenvalue weighted by molar-refractivity contribution is 5.69. The van der Waals surface area contributed by atoms with Crippen LogP contribution in [-0.2, 0) is 19.1 Å². The van der Waals surface area contributed by atoms with E-state index in [9.17, 15) is 9.59 Å². The Balaban J connectivity index is 3.91. The van der Waals surface area contributed by atoms with Crippen LogP contribution >= 0.6 is 0 Å². The first-order valence-corrected chi connectivity index (χ1v) is 5.79. The number of esters is 1. The van der Waals surface area contributed by atoms with Gasteiger partial charge in [0.2, 0.25) is 0 Å². The van der Waals surface area contributed by atoms with Gasteiger partial charge in [-0.1, -0.05) is 30.4 Å². The predicted octanol–water partition coefficient (Wildman–Crippen LogP) is 2.21. The lowest BCUT2D eigenvalue weighted by atomic mass is 10.1. The number of allylic oxidation sites excluding steroid dienone is 5. The van der Waals surface area contributed by atoms with Crippen LogP contribution in [0.15, 0.2) is 36.5 Å². The Morgan fingerprint density at radius 1 is 1.11 bits per heavy atom. The molecule has 0 bridgehead atoms. The number of rotatable bonds is 9. The molecule has 18 heavy (non-hydrogen) atoms. The molecule has 0 aliphatic heterocycles. The van der Waals surface area contributed by atoms with Crippen molar-refractivity contribution in [1.82, 2.24) is 0 Å². The largest absolute Gasteiger partial charge is 0.469 e. The summed E-state index contributed by atoms with van der Waals surface area (Å²) in [5, 5.41) is 0. The maximum atomic E-state index is 10.9. The molecule has 0 spiro atoms. The number of aldehydes is 1. The third kappa shape index (κ3) is 9.54. The van der Waals surface area contributed by atoms with E-state index in [2.05, 4.69) is 4.74 Å². The zero-order valence-electron chi connectivity index (χ0n) is 10.9. The van der Waals surface area contributed by atoms with Gasteiger partial charge in [-0.2, -0.15) is 0 Å². The summed E-state index contributed by atoms with van der Waals surface area (Å²) in [5.41, 5.74) is 0. The molecule has 4 nitrogen and oxygen atoms in total. The molecule has 0 aromatic rings. The van der Waals surface area contributed by atoms with E-state index in [1.807, 2.05) is 18.2 Å². The first-order valence-electron chi connectivity index (χ1n) is 5.79. The second-order valence-corrected chi connectivity index (χ2v) is 3.53. The summed E-state index contributed by atoms with van der Waals surface area (Å²) in [6.07, 6.45) is 13.0. The van der Waals surface area contributed by atoms with Gasteiger partial charge in [-0.05, 0) is 18.9 Å². The normalized spacial score (nSPS) is 13.4. The minimum atomic E-state index is -0.201. The molecule has 0 rings (SSSR count). The van der Waals surface area contributed by atoms with Crippen molar-refractivity contribution in [1.29, 1.82) is 0 Å². The Hall–Kier alpha value is -1.68. The molecule has 0 saturated carbocycles. The van der Waals surface area contributed by atoms with Crippen LogP contribution in [0, 0.1) is 0 Å². The van der Waals surface area contributed by atoms with Crippen molar-refractivity contribution in [2.45, 2.75) is 25.4 Å². The van der Waals surface area contributed by atoms with Gasteiger partial charge in [0, 0.05) is 13.5 Å². The van der Waals surface area contributed by atoms with Crippen molar-refractivity contribution in [3.8, 4) is 0 Å². The molecule has 0 heterocycles. The zero-order chi connectivity index (χ0) is 13.6. The molecule has 1 atom stereocenters. The number of hydrogen-bond donors (Lipinski definition) is 0. The Kier molecular flexibility index (Phi) is 10.7. The average Bonchev–Trinajstić information content (AvgIpc) is 2.40. The zero-order valence-corrected chi connectivity index (χ0v) is 10.9. The van der Waals surface area contributed by atoms with Crippen molar-refractivity contribution in [3.05, 3.63) is 36.5 Å². The van der Waals surface area contributed by atoms with Crippen LogP contribution in [0.5, 0.6) is 0 Å². The van der Waals surface area contributed by atoms with Gasteiger partial charge >= 0.3 is 5.97 Å². The molecular weight excluding hydrogens is 232 g/mol. The van der Waals surface area contributed by atoms with Gasteiger partial charge in [-0.25, -0.2) is 0 Å². The minimum Gasteiger partial charge on any atom is -0.469 e. The van der Waals surface area contributed by atoms with Crippen molar-refractivity contribution >= 4 is 12.3 Å². The van der Waals surface area contributed by atoms with Gasteiger partial charge in [0.25, 0.3) is 0 Å². The van der Waals surface area contributed by atoms with E-state index in [0.29, 0.717) is 6.42 Å².